The zero-order chi connectivity index (χ0) is 13.9. The molecular weight excluding hydrogens is 238 g/mol. The molecule has 0 fully saturated rings. The average Bonchev–Trinajstić information content (AvgIpc) is 2.91. The van der Waals surface area contributed by atoms with E-state index in [2.05, 4.69) is 32.0 Å². The number of hydrogen-bond acceptors (Lipinski definition) is 3. The van der Waals surface area contributed by atoms with Gasteiger partial charge in [0.05, 0.1) is 12.2 Å². The lowest BCUT2D eigenvalue weighted by Gasteiger charge is -2.33. The van der Waals surface area contributed by atoms with Crippen LogP contribution in [0.1, 0.15) is 37.8 Å². The first-order valence-electron chi connectivity index (χ1n) is 7.14. The van der Waals surface area contributed by atoms with Crippen LogP contribution in [-0.2, 0) is 17.6 Å². The van der Waals surface area contributed by atoms with Crippen LogP contribution in [0.15, 0.2) is 18.2 Å². The third-order valence-electron chi connectivity index (χ3n) is 4.45. The molecule has 2 N–H and O–H groups in total. The number of methoxy groups -OCH3 is 1. The largest absolute Gasteiger partial charge is 0.493 e. The summed E-state index contributed by atoms with van der Waals surface area (Å²) in [6, 6.07) is 6.54. The first-order valence-corrected chi connectivity index (χ1v) is 7.14. The van der Waals surface area contributed by atoms with E-state index in [-0.39, 0.29) is 11.6 Å². The van der Waals surface area contributed by atoms with E-state index in [1.54, 1.807) is 7.11 Å². The highest BCUT2D eigenvalue weighted by Crippen LogP contribution is 2.27. The average molecular weight is 263 g/mol. The van der Waals surface area contributed by atoms with Crippen LogP contribution >= 0.6 is 0 Å². The molecule has 0 saturated carbocycles. The lowest BCUT2D eigenvalue weighted by atomic mass is 9.89. The van der Waals surface area contributed by atoms with Crippen LogP contribution in [0.5, 0.6) is 5.75 Å². The summed E-state index contributed by atoms with van der Waals surface area (Å²) in [4.78, 5) is 0. The van der Waals surface area contributed by atoms with E-state index in [0.717, 1.165) is 38.0 Å². The zero-order valence-electron chi connectivity index (χ0n) is 12.2. The quantitative estimate of drug-likeness (QED) is 0.858. The topological polar surface area (TPSA) is 44.5 Å². The number of hydrogen-bond donors (Lipinski definition) is 1. The van der Waals surface area contributed by atoms with Gasteiger partial charge in [-0.25, -0.2) is 0 Å². The fourth-order valence-electron chi connectivity index (χ4n) is 2.58. The summed E-state index contributed by atoms with van der Waals surface area (Å²) in [7, 11) is 1.75. The second-order valence-corrected chi connectivity index (χ2v) is 5.56. The van der Waals surface area contributed by atoms with Crippen molar-refractivity contribution in [3.05, 3.63) is 29.3 Å². The van der Waals surface area contributed by atoms with Crippen LogP contribution in [0.2, 0.25) is 0 Å². The zero-order valence-corrected chi connectivity index (χ0v) is 12.2. The summed E-state index contributed by atoms with van der Waals surface area (Å²) in [5.74, 6) is 1.04. The van der Waals surface area contributed by atoms with Crippen LogP contribution in [0.25, 0.3) is 0 Å². The van der Waals surface area contributed by atoms with E-state index >= 15 is 0 Å². The lowest BCUT2D eigenvalue weighted by Crippen LogP contribution is -2.46. The molecule has 19 heavy (non-hydrogen) atoms. The van der Waals surface area contributed by atoms with Gasteiger partial charge in [-0.1, -0.05) is 19.1 Å². The fraction of sp³-hybridized carbons (Fsp3) is 0.625. The van der Waals surface area contributed by atoms with Gasteiger partial charge in [0.1, 0.15) is 5.75 Å². The van der Waals surface area contributed by atoms with Crippen molar-refractivity contribution in [2.24, 2.45) is 5.73 Å². The normalized spacial score (nSPS) is 18.5. The van der Waals surface area contributed by atoms with Crippen molar-refractivity contribution < 1.29 is 9.47 Å². The molecule has 0 aromatic heterocycles. The predicted octanol–water partition coefficient (Wildman–Crippen LogP) is 2.70. The Morgan fingerprint density at radius 3 is 2.95 bits per heavy atom. The monoisotopic (exact) mass is 263 g/mol. The highest BCUT2D eigenvalue weighted by Gasteiger charge is 2.29. The molecule has 2 unspecified atom stereocenters. The van der Waals surface area contributed by atoms with E-state index in [4.69, 9.17) is 15.2 Å². The maximum atomic E-state index is 6.28. The highest BCUT2D eigenvalue weighted by atomic mass is 16.5. The lowest BCUT2D eigenvalue weighted by molar-refractivity contribution is -0.0204. The van der Waals surface area contributed by atoms with Crippen molar-refractivity contribution in [1.29, 1.82) is 0 Å². The van der Waals surface area contributed by atoms with Gasteiger partial charge in [-0.15, -0.1) is 0 Å². The number of benzene rings is 1. The summed E-state index contributed by atoms with van der Waals surface area (Å²) < 4.78 is 11.1. The number of rotatable bonds is 6. The molecule has 2 rings (SSSR count). The Kier molecular flexibility index (Phi) is 4.48. The minimum atomic E-state index is -0.222. The van der Waals surface area contributed by atoms with Gasteiger partial charge in [0.2, 0.25) is 0 Å². The van der Waals surface area contributed by atoms with Gasteiger partial charge >= 0.3 is 0 Å². The number of aryl methyl sites for hydroxylation is 1. The molecule has 0 bridgehead atoms. The molecule has 1 aromatic rings. The first kappa shape index (κ1) is 14.4. The Labute approximate surface area is 116 Å². The van der Waals surface area contributed by atoms with Gasteiger partial charge in [0.15, 0.2) is 0 Å². The molecule has 2 atom stereocenters. The molecule has 1 heterocycles. The number of ether oxygens (including phenoxy) is 2. The molecule has 106 valence electrons. The third kappa shape index (κ3) is 3.10. The highest BCUT2D eigenvalue weighted by molar-refractivity contribution is 5.39. The van der Waals surface area contributed by atoms with Crippen molar-refractivity contribution in [3.8, 4) is 5.75 Å². The van der Waals surface area contributed by atoms with Gasteiger partial charge in [0, 0.05) is 19.6 Å². The molecule has 3 nitrogen and oxygen atoms in total. The standard InChI is InChI=1S/C16H25NO2/c1-4-16(2,18-3)15(17)8-6-12-5-7-14-13(11-12)9-10-19-14/h5,7,11,15H,4,6,8-10,17H2,1-3H3. The first-order chi connectivity index (χ1) is 9.09. The van der Waals surface area contributed by atoms with E-state index in [9.17, 15) is 0 Å². The van der Waals surface area contributed by atoms with Gasteiger partial charge in [-0.3, -0.25) is 0 Å². The summed E-state index contributed by atoms with van der Waals surface area (Å²) in [5.41, 5.74) is 8.73. The Morgan fingerprint density at radius 2 is 2.26 bits per heavy atom. The number of fused-ring (bicyclic) bond motifs is 1. The molecule has 0 aliphatic carbocycles. The third-order valence-corrected chi connectivity index (χ3v) is 4.45. The molecule has 1 aromatic carbocycles. The van der Waals surface area contributed by atoms with E-state index in [1.807, 2.05) is 0 Å². The molecule has 0 amide bonds. The van der Waals surface area contributed by atoms with Crippen molar-refractivity contribution >= 4 is 0 Å². The second kappa shape index (κ2) is 5.93. The molecule has 0 spiro atoms. The van der Waals surface area contributed by atoms with E-state index in [1.165, 1.54) is 11.1 Å². The summed E-state index contributed by atoms with van der Waals surface area (Å²) in [5, 5.41) is 0. The van der Waals surface area contributed by atoms with Gasteiger partial charge in [-0.05, 0) is 43.4 Å². The maximum absolute atomic E-state index is 6.28. The smallest absolute Gasteiger partial charge is 0.122 e. The maximum Gasteiger partial charge on any atom is 0.122 e. The Bertz CT molecular complexity index is 427. The van der Waals surface area contributed by atoms with Crippen LogP contribution in [0.4, 0.5) is 0 Å². The molecule has 1 aliphatic heterocycles. The fourth-order valence-corrected chi connectivity index (χ4v) is 2.58. The molecule has 3 heteroatoms. The van der Waals surface area contributed by atoms with E-state index < -0.39 is 0 Å². The summed E-state index contributed by atoms with van der Waals surface area (Å²) >= 11 is 0. The van der Waals surface area contributed by atoms with Crippen molar-refractivity contribution in [2.45, 2.75) is 51.2 Å². The van der Waals surface area contributed by atoms with Crippen molar-refractivity contribution in [2.75, 3.05) is 13.7 Å². The van der Waals surface area contributed by atoms with Crippen LogP contribution in [0.3, 0.4) is 0 Å². The summed E-state index contributed by atoms with van der Waals surface area (Å²) in [6.07, 6.45) is 3.90. The van der Waals surface area contributed by atoms with Crippen LogP contribution in [-0.4, -0.2) is 25.4 Å². The van der Waals surface area contributed by atoms with Gasteiger partial charge < -0.3 is 15.2 Å². The van der Waals surface area contributed by atoms with Crippen molar-refractivity contribution in [1.82, 2.24) is 0 Å². The van der Waals surface area contributed by atoms with Gasteiger partial charge in [0.25, 0.3) is 0 Å². The van der Waals surface area contributed by atoms with Gasteiger partial charge in [-0.2, -0.15) is 0 Å². The van der Waals surface area contributed by atoms with Crippen LogP contribution in [0, 0.1) is 0 Å². The molecule has 0 radical (unpaired) electrons. The Morgan fingerprint density at radius 1 is 1.47 bits per heavy atom. The number of nitrogens with two attached hydrogens (primary N) is 1. The second-order valence-electron chi connectivity index (χ2n) is 5.56. The molecule has 0 saturated heterocycles. The minimum absolute atomic E-state index is 0.0620. The van der Waals surface area contributed by atoms with Crippen LogP contribution < -0.4 is 10.5 Å². The Balaban J connectivity index is 1.95. The predicted molar refractivity (Wildman–Crippen MR) is 77.6 cm³/mol. The summed E-state index contributed by atoms with van der Waals surface area (Å²) in [6.45, 7) is 5.03. The Hall–Kier alpha value is -1.06. The van der Waals surface area contributed by atoms with Crippen molar-refractivity contribution in [3.63, 3.8) is 0 Å². The molecule has 1 aliphatic rings. The SMILES string of the molecule is CCC(C)(OC)C(N)CCc1ccc2c(c1)CCO2. The van der Waals surface area contributed by atoms with E-state index in [0.29, 0.717) is 0 Å². The minimum Gasteiger partial charge on any atom is -0.493 e. The molecular formula is C16H25NO2.